The van der Waals surface area contributed by atoms with E-state index in [2.05, 4.69) is 62.8 Å². The van der Waals surface area contributed by atoms with Crippen LogP contribution >= 0.6 is 27.3 Å². The lowest BCUT2D eigenvalue weighted by atomic mass is 10.1. The molecule has 0 amide bonds. The van der Waals surface area contributed by atoms with Gasteiger partial charge in [-0.25, -0.2) is 0 Å². The third kappa shape index (κ3) is 3.19. The standard InChI is InChI=1S/C15H17BrN2S/c1-18(9-12-7-15(16)19-10-12)8-11-2-3-14-13(6-11)4-5-17-14/h2-3,6-7,10,17H,4-5,8-9H2,1H3. The Morgan fingerprint density at radius 2 is 2.11 bits per heavy atom. The molecule has 1 N–H and O–H groups in total. The van der Waals surface area contributed by atoms with Gasteiger partial charge in [0.1, 0.15) is 0 Å². The van der Waals surface area contributed by atoms with Crippen molar-refractivity contribution in [3.05, 3.63) is 50.1 Å². The second-order valence-corrected chi connectivity index (χ2v) is 7.39. The Kier molecular flexibility index (Phi) is 3.91. The maximum Gasteiger partial charge on any atom is 0.0701 e. The highest BCUT2D eigenvalue weighted by Gasteiger charge is 2.11. The average Bonchev–Trinajstić information content (AvgIpc) is 2.97. The summed E-state index contributed by atoms with van der Waals surface area (Å²) in [5.41, 5.74) is 5.55. The molecule has 1 aliphatic rings. The number of benzene rings is 1. The molecular formula is C15H17BrN2S. The molecule has 0 atom stereocenters. The molecule has 2 heterocycles. The summed E-state index contributed by atoms with van der Waals surface area (Å²) < 4.78 is 1.21. The van der Waals surface area contributed by atoms with Crippen LogP contribution in [0.25, 0.3) is 0 Å². The molecule has 0 aliphatic carbocycles. The van der Waals surface area contributed by atoms with Crippen molar-refractivity contribution in [1.29, 1.82) is 0 Å². The molecule has 0 fully saturated rings. The van der Waals surface area contributed by atoms with E-state index in [0.29, 0.717) is 0 Å². The van der Waals surface area contributed by atoms with Crippen LogP contribution in [0.5, 0.6) is 0 Å². The highest BCUT2D eigenvalue weighted by molar-refractivity contribution is 9.11. The summed E-state index contributed by atoms with van der Waals surface area (Å²) in [6.45, 7) is 3.08. The molecule has 3 rings (SSSR count). The van der Waals surface area contributed by atoms with E-state index < -0.39 is 0 Å². The van der Waals surface area contributed by atoms with Crippen molar-refractivity contribution >= 4 is 33.0 Å². The largest absolute Gasteiger partial charge is 0.384 e. The molecule has 0 unspecified atom stereocenters. The van der Waals surface area contributed by atoms with Gasteiger partial charge >= 0.3 is 0 Å². The molecule has 0 radical (unpaired) electrons. The normalized spacial score (nSPS) is 13.6. The van der Waals surface area contributed by atoms with E-state index in [1.165, 1.54) is 26.2 Å². The van der Waals surface area contributed by atoms with Gasteiger partial charge in [0.15, 0.2) is 0 Å². The zero-order valence-electron chi connectivity index (χ0n) is 10.9. The van der Waals surface area contributed by atoms with Crippen molar-refractivity contribution in [2.75, 3.05) is 18.9 Å². The fraction of sp³-hybridized carbons (Fsp3) is 0.333. The van der Waals surface area contributed by atoms with Crippen LogP contribution in [0, 0.1) is 0 Å². The van der Waals surface area contributed by atoms with Gasteiger partial charge in [-0.2, -0.15) is 0 Å². The lowest BCUT2D eigenvalue weighted by Gasteiger charge is -2.16. The summed E-state index contributed by atoms with van der Waals surface area (Å²) in [6, 6.07) is 8.99. The van der Waals surface area contributed by atoms with Gasteiger partial charge < -0.3 is 5.32 Å². The van der Waals surface area contributed by atoms with Gasteiger partial charge in [-0.15, -0.1) is 11.3 Å². The molecule has 19 heavy (non-hydrogen) atoms. The van der Waals surface area contributed by atoms with Gasteiger partial charge in [-0.1, -0.05) is 12.1 Å². The molecule has 1 aliphatic heterocycles. The van der Waals surface area contributed by atoms with Crippen LogP contribution in [0.3, 0.4) is 0 Å². The first-order chi connectivity index (χ1) is 9.20. The highest BCUT2D eigenvalue weighted by atomic mass is 79.9. The fourth-order valence-electron chi connectivity index (χ4n) is 2.56. The van der Waals surface area contributed by atoms with Crippen molar-refractivity contribution in [2.24, 2.45) is 0 Å². The van der Waals surface area contributed by atoms with Crippen molar-refractivity contribution < 1.29 is 0 Å². The lowest BCUT2D eigenvalue weighted by molar-refractivity contribution is 0.319. The summed E-state index contributed by atoms with van der Waals surface area (Å²) in [6.07, 6.45) is 1.16. The third-order valence-electron chi connectivity index (χ3n) is 3.41. The van der Waals surface area contributed by atoms with E-state index in [0.717, 1.165) is 26.1 Å². The number of anilines is 1. The quantitative estimate of drug-likeness (QED) is 0.903. The number of rotatable bonds is 4. The van der Waals surface area contributed by atoms with E-state index in [-0.39, 0.29) is 0 Å². The minimum absolute atomic E-state index is 0.997. The SMILES string of the molecule is CN(Cc1csc(Br)c1)Cc1ccc2c(c1)CCN2. The van der Waals surface area contributed by atoms with E-state index in [1.807, 2.05) is 0 Å². The summed E-state index contributed by atoms with van der Waals surface area (Å²) in [5.74, 6) is 0. The average molecular weight is 337 g/mol. The zero-order chi connectivity index (χ0) is 13.2. The van der Waals surface area contributed by atoms with Crippen LogP contribution in [-0.4, -0.2) is 18.5 Å². The summed E-state index contributed by atoms with van der Waals surface area (Å²) >= 11 is 5.27. The molecule has 1 aromatic carbocycles. The summed E-state index contributed by atoms with van der Waals surface area (Å²) in [4.78, 5) is 2.36. The van der Waals surface area contributed by atoms with Gasteiger partial charge in [-0.3, -0.25) is 4.90 Å². The third-order valence-corrected chi connectivity index (χ3v) is 4.96. The predicted molar refractivity (Wildman–Crippen MR) is 85.8 cm³/mol. The van der Waals surface area contributed by atoms with E-state index in [1.54, 1.807) is 11.3 Å². The number of hydrogen-bond donors (Lipinski definition) is 1. The van der Waals surface area contributed by atoms with E-state index in [9.17, 15) is 0 Å². The minimum Gasteiger partial charge on any atom is -0.384 e. The lowest BCUT2D eigenvalue weighted by Crippen LogP contribution is -2.16. The Morgan fingerprint density at radius 3 is 2.89 bits per heavy atom. The molecule has 4 heteroatoms. The topological polar surface area (TPSA) is 15.3 Å². The molecule has 0 saturated heterocycles. The van der Waals surface area contributed by atoms with Crippen molar-refractivity contribution in [2.45, 2.75) is 19.5 Å². The first kappa shape index (κ1) is 13.2. The first-order valence-corrected chi connectivity index (χ1v) is 8.15. The van der Waals surface area contributed by atoms with Gasteiger partial charge in [0.25, 0.3) is 0 Å². The number of hydrogen-bond acceptors (Lipinski definition) is 3. The Labute approximate surface area is 126 Å². The maximum absolute atomic E-state index is 3.52. The predicted octanol–water partition coefficient (Wildman–Crippen LogP) is 4.11. The molecular weight excluding hydrogens is 320 g/mol. The van der Waals surface area contributed by atoms with Crippen LogP contribution in [-0.2, 0) is 19.5 Å². The number of nitrogens with zero attached hydrogens (tertiary/aromatic N) is 1. The molecule has 100 valence electrons. The number of thiophene rings is 1. The number of fused-ring (bicyclic) bond motifs is 1. The van der Waals surface area contributed by atoms with Crippen LogP contribution in [0.4, 0.5) is 5.69 Å². The van der Waals surface area contributed by atoms with Gasteiger partial charge in [0, 0.05) is 25.3 Å². The molecule has 0 saturated carbocycles. The second-order valence-electron chi connectivity index (χ2n) is 5.10. The highest BCUT2D eigenvalue weighted by Crippen LogP contribution is 2.24. The van der Waals surface area contributed by atoms with E-state index in [4.69, 9.17) is 0 Å². The second kappa shape index (κ2) is 5.65. The Hall–Kier alpha value is -0.840. The van der Waals surface area contributed by atoms with Crippen LogP contribution in [0.1, 0.15) is 16.7 Å². The van der Waals surface area contributed by atoms with Crippen molar-refractivity contribution in [3.63, 3.8) is 0 Å². The van der Waals surface area contributed by atoms with Crippen LogP contribution in [0.2, 0.25) is 0 Å². The Bertz CT molecular complexity index is 579. The van der Waals surface area contributed by atoms with Gasteiger partial charge in [-0.05, 0) is 63.6 Å². The van der Waals surface area contributed by atoms with Crippen molar-refractivity contribution in [3.8, 4) is 0 Å². The number of nitrogens with one attached hydrogen (secondary N) is 1. The molecule has 0 bridgehead atoms. The fourth-order valence-corrected chi connectivity index (χ4v) is 3.76. The van der Waals surface area contributed by atoms with E-state index >= 15 is 0 Å². The number of halogens is 1. The first-order valence-electron chi connectivity index (χ1n) is 6.48. The molecule has 1 aromatic heterocycles. The smallest absolute Gasteiger partial charge is 0.0701 e. The minimum atomic E-state index is 0.997. The molecule has 2 nitrogen and oxygen atoms in total. The van der Waals surface area contributed by atoms with Crippen LogP contribution < -0.4 is 5.32 Å². The maximum atomic E-state index is 3.52. The monoisotopic (exact) mass is 336 g/mol. The Balaban J connectivity index is 1.64. The molecule has 2 aromatic rings. The van der Waals surface area contributed by atoms with Gasteiger partial charge in [0.05, 0.1) is 3.79 Å². The van der Waals surface area contributed by atoms with Crippen molar-refractivity contribution in [1.82, 2.24) is 4.90 Å². The van der Waals surface area contributed by atoms with Gasteiger partial charge in [0.2, 0.25) is 0 Å². The van der Waals surface area contributed by atoms with Crippen LogP contribution in [0.15, 0.2) is 33.4 Å². The Morgan fingerprint density at radius 1 is 1.26 bits per heavy atom. The summed E-state index contributed by atoms with van der Waals surface area (Å²) in [7, 11) is 2.18. The summed E-state index contributed by atoms with van der Waals surface area (Å²) in [5, 5.41) is 5.62. The zero-order valence-corrected chi connectivity index (χ0v) is 13.4. The molecule has 0 spiro atoms.